The maximum absolute atomic E-state index is 12.1. The number of hydrogen-bond acceptors (Lipinski definition) is 4. The number of nitrogens with zero attached hydrogens (tertiary/aromatic N) is 2. The van der Waals surface area contributed by atoms with Crippen molar-refractivity contribution < 1.29 is 9.53 Å². The second kappa shape index (κ2) is 9.43. The van der Waals surface area contributed by atoms with E-state index < -0.39 is 0 Å². The van der Waals surface area contributed by atoms with Crippen molar-refractivity contribution >= 4 is 17.2 Å². The van der Waals surface area contributed by atoms with Gasteiger partial charge in [0.25, 0.3) is 0 Å². The predicted octanol–water partition coefficient (Wildman–Crippen LogP) is 5.53. The highest BCUT2D eigenvalue weighted by Crippen LogP contribution is 2.28. The Morgan fingerprint density at radius 1 is 1.09 bits per heavy atom. The molecule has 0 unspecified atom stereocenters. The Kier molecular flexibility index (Phi) is 6.26. The van der Waals surface area contributed by atoms with E-state index in [0.29, 0.717) is 36.1 Å². The average molecular weight is 424 g/mol. The summed E-state index contributed by atoms with van der Waals surface area (Å²) >= 11 is 0. The number of rotatable bonds is 7. The van der Waals surface area contributed by atoms with Gasteiger partial charge in [0.15, 0.2) is 5.78 Å². The Morgan fingerprint density at radius 2 is 1.81 bits per heavy atom. The maximum Gasteiger partial charge on any atom is 0.230 e. The van der Waals surface area contributed by atoms with Gasteiger partial charge in [-0.15, -0.1) is 0 Å². The molecule has 3 aromatic rings. The van der Waals surface area contributed by atoms with Gasteiger partial charge in [0.05, 0.1) is 11.3 Å². The molecule has 0 aliphatic carbocycles. The number of ketones is 1. The van der Waals surface area contributed by atoms with Gasteiger partial charge in [-0.3, -0.25) is 10.2 Å². The summed E-state index contributed by atoms with van der Waals surface area (Å²) in [5, 5.41) is 7.94. The average Bonchev–Trinajstić information content (AvgIpc) is 3.31. The van der Waals surface area contributed by atoms with Crippen LogP contribution in [0.4, 0.5) is 0 Å². The molecule has 1 aliphatic rings. The van der Waals surface area contributed by atoms with Gasteiger partial charge in [0.1, 0.15) is 11.6 Å². The molecule has 5 heteroatoms. The fraction of sp³-hybridized carbons (Fsp3) is 0.148. The molecule has 0 spiro atoms. The number of carbonyl (C=O) groups excluding carboxylic acids is 1. The van der Waals surface area contributed by atoms with Gasteiger partial charge < -0.3 is 9.64 Å². The van der Waals surface area contributed by atoms with Crippen LogP contribution in [0.5, 0.6) is 11.6 Å². The second-order valence-corrected chi connectivity index (χ2v) is 7.71. The summed E-state index contributed by atoms with van der Waals surface area (Å²) < 4.78 is 6.04. The summed E-state index contributed by atoms with van der Waals surface area (Å²) in [7, 11) is 0. The van der Waals surface area contributed by atoms with Crippen LogP contribution in [0, 0.1) is 5.41 Å². The highest BCUT2D eigenvalue weighted by molar-refractivity contribution is 5.97. The molecule has 32 heavy (non-hydrogen) atoms. The highest BCUT2D eigenvalue weighted by atomic mass is 16.5. The minimum Gasteiger partial charge on any atom is -0.438 e. The van der Waals surface area contributed by atoms with Crippen LogP contribution in [-0.2, 0) is 6.42 Å². The third-order valence-electron chi connectivity index (χ3n) is 5.41. The van der Waals surface area contributed by atoms with E-state index >= 15 is 0 Å². The van der Waals surface area contributed by atoms with Crippen LogP contribution >= 0.6 is 0 Å². The molecule has 0 radical (unpaired) electrons. The fourth-order valence-corrected chi connectivity index (χ4v) is 3.64. The van der Waals surface area contributed by atoms with Crippen molar-refractivity contribution in [2.24, 2.45) is 0 Å². The molecule has 0 saturated carbocycles. The molecule has 1 aliphatic heterocycles. The summed E-state index contributed by atoms with van der Waals surface area (Å²) in [6.45, 7) is 6.38. The second-order valence-electron chi connectivity index (χ2n) is 7.71. The summed E-state index contributed by atoms with van der Waals surface area (Å²) in [6.07, 6.45) is 4.41. The quantitative estimate of drug-likeness (QED) is 0.308. The fourth-order valence-electron chi connectivity index (χ4n) is 3.64. The van der Waals surface area contributed by atoms with Crippen molar-refractivity contribution in [2.75, 3.05) is 13.1 Å². The lowest BCUT2D eigenvalue weighted by atomic mass is 10.1. The van der Waals surface area contributed by atoms with Crippen molar-refractivity contribution in [2.45, 2.75) is 13.3 Å². The first-order valence-electron chi connectivity index (χ1n) is 10.5. The van der Waals surface area contributed by atoms with Gasteiger partial charge in [-0.05, 0) is 60.4 Å². The summed E-state index contributed by atoms with van der Waals surface area (Å²) in [6, 6.07) is 21.7. The summed E-state index contributed by atoms with van der Waals surface area (Å²) in [5.74, 6) is 1.20. The van der Waals surface area contributed by atoms with Gasteiger partial charge in [-0.25, -0.2) is 4.98 Å². The van der Waals surface area contributed by atoms with E-state index in [0.717, 1.165) is 17.7 Å². The number of ether oxygens (including phenoxy) is 1. The van der Waals surface area contributed by atoms with Crippen LogP contribution in [0.25, 0.3) is 5.57 Å². The number of nitrogens with one attached hydrogen (secondary N) is 1. The van der Waals surface area contributed by atoms with E-state index in [1.165, 1.54) is 24.1 Å². The molecule has 0 amide bonds. The molecule has 160 valence electrons. The Hall–Kier alpha value is -3.99. The first kappa shape index (κ1) is 21.2. The van der Waals surface area contributed by atoms with Crippen LogP contribution in [0.3, 0.4) is 0 Å². The van der Waals surface area contributed by atoms with Crippen LogP contribution < -0.4 is 4.74 Å². The van der Waals surface area contributed by atoms with E-state index in [2.05, 4.69) is 23.7 Å². The van der Waals surface area contributed by atoms with Crippen LogP contribution in [0.15, 0.2) is 85.5 Å². The lowest BCUT2D eigenvalue weighted by Crippen LogP contribution is -2.26. The number of pyridine rings is 1. The van der Waals surface area contributed by atoms with Gasteiger partial charge in [-0.2, -0.15) is 0 Å². The SMILES string of the molecule is C=CC(=N)N1CC=C(c2ccc(C(C)=O)c(Oc3ccc(Cc4ccccc4)cc3)n2)C1. The maximum atomic E-state index is 12.1. The van der Waals surface area contributed by atoms with Gasteiger partial charge in [0.2, 0.25) is 5.88 Å². The highest BCUT2D eigenvalue weighted by Gasteiger charge is 2.20. The van der Waals surface area contributed by atoms with Crippen molar-refractivity contribution in [3.63, 3.8) is 0 Å². The van der Waals surface area contributed by atoms with Crippen LogP contribution in [0.2, 0.25) is 0 Å². The van der Waals surface area contributed by atoms with E-state index in [-0.39, 0.29) is 5.78 Å². The minimum atomic E-state index is -0.102. The third-order valence-corrected chi connectivity index (χ3v) is 5.41. The Bertz CT molecular complexity index is 1180. The molecule has 1 aromatic heterocycles. The number of aromatic nitrogens is 1. The Balaban J connectivity index is 1.53. The molecule has 2 aromatic carbocycles. The third kappa shape index (κ3) is 4.83. The zero-order valence-corrected chi connectivity index (χ0v) is 18.0. The van der Waals surface area contributed by atoms with E-state index in [1.807, 2.05) is 59.5 Å². The van der Waals surface area contributed by atoms with Gasteiger partial charge in [0, 0.05) is 13.1 Å². The number of benzene rings is 2. The first-order valence-corrected chi connectivity index (χ1v) is 10.5. The van der Waals surface area contributed by atoms with Crippen molar-refractivity contribution in [1.82, 2.24) is 9.88 Å². The van der Waals surface area contributed by atoms with Crippen molar-refractivity contribution in [3.8, 4) is 11.6 Å². The lowest BCUT2D eigenvalue weighted by Gasteiger charge is -2.17. The lowest BCUT2D eigenvalue weighted by molar-refractivity contribution is 0.101. The molecule has 0 atom stereocenters. The molecular weight excluding hydrogens is 398 g/mol. The topological polar surface area (TPSA) is 66.3 Å². The van der Waals surface area contributed by atoms with E-state index in [4.69, 9.17) is 10.1 Å². The standard InChI is InChI=1S/C27H25N3O2/c1-3-26(28)30-16-15-22(18-30)25-14-13-24(19(2)31)27(29-25)32-23-11-9-21(10-12-23)17-20-7-5-4-6-8-20/h3-15,28H,1,16-18H2,2H3. The smallest absolute Gasteiger partial charge is 0.230 e. The van der Waals surface area contributed by atoms with E-state index in [9.17, 15) is 4.79 Å². The Morgan fingerprint density at radius 3 is 2.50 bits per heavy atom. The molecule has 2 heterocycles. The molecule has 1 N–H and O–H groups in total. The zero-order chi connectivity index (χ0) is 22.5. The Labute approximate surface area is 188 Å². The molecule has 0 saturated heterocycles. The molecule has 4 rings (SSSR count). The van der Waals surface area contributed by atoms with Crippen molar-refractivity contribution in [1.29, 1.82) is 5.41 Å². The number of carbonyl (C=O) groups is 1. The largest absolute Gasteiger partial charge is 0.438 e. The van der Waals surface area contributed by atoms with Gasteiger partial charge >= 0.3 is 0 Å². The summed E-state index contributed by atoms with van der Waals surface area (Å²) in [5.41, 5.74) is 4.60. The predicted molar refractivity (Wildman–Crippen MR) is 127 cm³/mol. The molecular formula is C27H25N3O2. The monoisotopic (exact) mass is 423 g/mol. The number of hydrogen-bond donors (Lipinski definition) is 1. The molecule has 0 bridgehead atoms. The van der Waals surface area contributed by atoms with E-state index in [1.54, 1.807) is 6.07 Å². The number of Topliss-reactive ketones (excluding diaryl/α,β-unsaturated/α-hetero) is 1. The molecule has 0 fully saturated rings. The van der Waals surface area contributed by atoms with Crippen molar-refractivity contribution in [3.05, 3.63) is 108 Å². The van der Waals surface area contributed by atoms with Crippen LogP contribution in [0.1, 0.15) is 34.1 Å². The summed E-state index contributed by atoms with van der Waals surface area (Å²) in [4.78, 5) is 18.7. The van der Waals surface area contributed by atoms with Gasteiger partial charge in [-0.1, -0.05) is 55.1 Å². The first-order chi connectivity index (χ1) is 15.5. The zero-order valence-electron chi connectivity index (χ0n) is 18.0. The normalized spacial score (nSPS) is 12.9. The molecule has 5 nitrogen and oxygen atoms in total. The minimum absolute atomic E-state index is 0.102. The van der Waals surface area contributed by atoms with Crippen LogP contribution in [-0.4, -0.2) is 34.6 Å². The number of amidine groups is 1.